The van der Waals surface area contributed by atoms with Crippen LogP contribution in [0.25, 0.3) is 11.3 Å². The second-order valence-corrected chi connectivity index (χ2v) is 5.77. The molecule has 7 heteroatoms. The number of benzene rings is 1. The van der Waals surface area contributed by atoms with E-state index in [1.165, 1.54) is 6.39 Å². The van der Waals surface area contributed by atoms with Gasteiger partial charge in [-0.1, -0.05) is 0 Å². The normalized spacial score (nSPS) is 15.2. The Morgan fingerprint density at radius 3 is 2.60 bits per heavy atom. The van der Waals surface area contributed by atoms with Gasteiger partial charge in [0.25, 0.3) is 0 Å². The summed E-state index contributed by atoms with van der Waals surface area (Å²) in [5, 5.41) is 0. The minimum Gasteiger partial charge on any atom is -0.492 e. The average Bonchev–Trinajstić information content (AvgIpc) is 3.18. The molecule has 1 saturated heterocycles. The molecule has 2 aromatic rings. The number of rotatable bonds is 6. The van der Waals surface area contributed by atoms with E-state index in [2.05, 4.69) is 9.88 Å². The molecular formula is C18H23N3O4. The highest BCUT2D eigenvalue weighted by atomic mass is 16.6. The molecule has 3 rings (SSSR count). The van der Waals surface area contributed by atoms with Crippen LogP contribution in [0, 0.1) is 0 Å². The third-order valence-electron chi connectivity index (χ3n) is 4.15. The summed E-state index contributed by atoms with van der Waals surface area (Å²) in [7, 11) is 0. The zero-order chi connectivity index (χ0) is 17.5. The molecule has 1 aliphatic heterocycles. The molecule has 1 fully saturated rings. The number of oxazole rings is 1. The van der Waals surface area contributed by atoms with Crippen LogP contribution in [-0.4, -0.2) is 66.8 Å². The van der Waals surface area contributed by atoms with Gasteiger partial charge in [-0.2, -0.15) is 0 Å². The quantitative estimate of drug-likeness (QED) is 0.801. The van der Waals surface area contributed by atoms with Crippen molar-refractivity contribution in [2.24, 2.45) is 0 Å². The number of amides is 1. The molecule has 25 heavy (non-hydrogen) atoms. The lowest BCUT2D eigenvalue weighted by molar-refractivity contribution is 0.0757. The molecule has 0 radical (unpaired) electrons. The van der Waals surface area contributed by atoms with E-state index in [-0.39, 0.29) is 6.09 Å². The van der Waals surface area contributed by atoms with Crippen LogP contribution < -0.4 is 4.74 Å². The number of hydrogen-bond acceptors (Lipinski definition) is 6. The Morgan fingerprint density at radius 1 is 1.20 bits per heavy atom. The number of carbonyl (C=O) groups excluding carboxylic acids is 1. The summed E-state index contributed by atoms with van der Waals surface area (Å²) in [6.45, 7) is 6.77. The molecule has 1 aromatic heterocycles. The largest absolute Gasteiger partial charge is 0.492 e. The molecule has 0 saturated carbocycles. The van der Waals surface area contributed by atoms with Gasteiger partial charge in [0, 0.05) is 38.3 Å². The Balaban J connectivity index is 1.38. The summed E-state index contributed by atoms with van der Waals surface area (Å²) in [6.07, 6.45) is 2.89. The topological polar surface area (TPSA) is 68.0 Å². The van der Waals surface area contributed by atoms with Gasteiger partial charge in [-0.25, -0.2) is 9.78 Å². The Bertz CT molecular complexity index is 649. The average molecular weight is 345 g/mol. The van der Waals surface area contributed by atoms with E-state index >= 15 is 0 Å². The van der Waals surface area contributed by atoms with Crippen LogP contribution in [0.1, 0.15) is 6.92 Å². The van der Waals surface area contributed by atoms with Crippen LogP contribution in [0.3, 0.4) is 0 Å². The zero-order valence-electron chi connectivity index (χ0n) is 14.4. The fraction of sp³-hybridized carbons (Fsp3) is 0.444. The smallest absolute Gasteiger partial charge is 0.409 e. The summed E-state index contributed by atoms with van der Waals surface area (Å²) >= 11 is 0. The first-order valence-corrected chi connectivity index (χ1v) is 8.52. The summed E-state index contributed by atoms with van der Waals surface area (Å²) in [5.74, 6) is 1.57. The summed E-state index contributed by atoms with van der Waals surface area (Å²) in [4.78, 5) is 19.6. The van der Waals surface area contributed by atoms with E-state index in [0.717, 1.165) is 36.7 Å². The number of ether oxygens (including phenoxy) is 2. The molecule has 0 unspecified atom stereocenters. The predicted octanol–water partition coefficient (Wildman–Crippen LogP) is 2.49. The van der Waals surface area contributed by atoms with E-state index in [1.54, 1.807) is 11.1 Å². The van der Waals surface area contributed by atoms with Gasteiger partial charge in [0.15, 0.2) is 12.2 Å². The number of piperazine rings is 1. The van der Waals surface area contributed by atoms with Gasteiger partial charge in [-0.15, -0.1) is 0 Å². The molecule has 0 N–H and O–H groups in total. The van der Waals surface area contributed by atoms with Crippen LogP contribution in [0.4, 0.5) is 4.79 Å². The molecule has 1 amide bonds. The Kier molecular flexibility index (Phi) is 5.90. The maximum absolute atomic E-state index is 11.7. The van der Waals surface area contributed by atoms with Crippen molar-refractivity contribution in [2.75, 3.05) is 45.9 Å². The van der Waals surface area contributed by atoms with Gasteiger partial charge < -0.3 is 18.8 Å². The van der Waals surface area contributed by atoms with Crippen molar-refractivity contribution < 1.29 is 18.7 Å². The third kappa shape index (κ3) is 4.73. The van der Waals surface area contributed by atoms with Crippen molar-refractivity contribution in [2.45, 2.75) is 6.92 Å². The highest BCUT2D eigenvalue weighted by molar-refractivity contribution is 5.67. The van der Waals surface area contributed by atoms with Crippen LogP contribution >= 0.6 is 0 Å². The molecular weight excluding hydrogens is 322 g/mol. The van der Waals surface area contributed by atoms with E-state index in [1.807, 2.05) is 31.2 Å². The molecule has 7 nitrogen and oxygen atoms in total. The van der Waals surface area contributed by atoms with E-state index in [4.69, 9.17) is 13.9 Å². The highest BCUT2D eigenvalue weighted by Gasteiger charge is 2.21. The summed E-state index contributed by atoms with van der Waals surface area (Å²) in [5.41, 5.74) is 0.972. The van der Waals surface area contributed by atoms with Gasteiger partial charge in [0.05, 0.1) is 12.8 Å². The van der Waals surface area contributed by atoms with Crippen LogP contribution in [0.15, 0.2) is 41.3 Å². The maximum atomic E-state index is 11.7. The summed E-state index contributed by atoms with van der Waals surface area (Å²) in [6, 6.07) is 7.76. The van der Waals surface area contributed by atoms with Crippen LogP contribution in [0.2, 0.25) is 0 Å². The van der Waals surface area contributed by atoms with Gasteiger partial charge in [-0.3, -0.25) is 4.90 Å². The van der Waals surface area contributed by atoms with E-state index in [0.29, 0.717) is 26.3 Å². The highest BCUT2D eigenvalue weighted by Crippen LogP contribution is 2.21. The standard InChI is InChI=1S/C18H23N3O4/c1-2-23-18(22)21-9-7-20(8-10-21)11-12-24-16-5-3-15(4-6-16)17-13-19-14-25-17/h3-6,13-14H,2,7-12H2,1H3. The lowest BCUT2D eigenvalue weighted by Gasteiger charge is -2.33. The molecule has 2 heterocycles. The first kappa shape index (κ1) is 17.3. The molecule has 1 aromatic carbocycles. The molecule has 0 spiro atoms. The monoisotopic (exact) mass is 345 g/mol. The second-order valence-electron chi connectivity index (χ2n) is 5.77. The number of aromatic nitrogens is 1. The zero-order valence-corrected chi connectivity index (χ0v) is 14.4. The minimum atomic E-state index is -0.217. The molecule has 134 valence electrons. The fourth-order valence-electron chi connectivity index (χ4n) is 2.74. The van der Waals surface area contributed by atoms with E-state index in [9.17, 15) is 4.79 Å². The third-order valence-corrected chi connectivity index (χ3v) is 4.15. The van der Waals surface area contributed by atoms with Crippen LogP contribution in [0.5, 0.6) is 5.75 Å². The van der Waals surface area contributed by atoms with E-state index < -0.39 is 0 Å². The second kappa shape index (κ2) is 8.53. The van der Waals surface area contributed by atoms with Crippen molar-refractivity contribution in [3.8, 4) is 17.1 Å². The lowest BCUT2D eigenvalue weighted by atomic mass is 10.2. The van der Waals surface area contributed by atoms with Gasteiger partial charge in [0.2, 0.25) is 0 Å². The van der Waals surface area contributed by atoms with Crippen molar-refractivity contribution in [3.05, 3.63) is 36.9 Å². The SMILES string of the molecule is CCOC(=O)N1CCN(CCOc2ccc(-c3cnco3)cc2)CC1. The van der Waals surface area contributed by atoms with Crippen molar-refractivity contribution in [1.82, 2.24) is 14.8 Å². The number of carbonyl (C=O) groups is 1. The number of hydrogen-bond donors (Lipinski definition) is 0. The van der Waals surface area contributed by atoms with Gasteiger partial charge in [0.1, 0.15) is 12.4 Å². The Labute approximate surface area is 147 Å². The van der Waals surface area contributed by atoms with Crippen LogP contribution in [-0.2, 0) is 4.74 Å². The molecule has 0 atom stereocenters. The first-order chi connectivity index (χ1) is 12.3. The molecule has 1 aliphatic rings. The van der Waals surface area contributed by atoms with Crippen molar-refractivity contribution in [3.63, 3.8) is 0 Å². The predicted molar refractivity (Wildman–Crippen MR) is 92.5 cm³/mol. The molecule has 0 aliphatic carbocycles. The number of nitrogens with zero attached hydrogens (tertiary/aromatic N) is 3. The Morgan fingerprint density at radius 2 is 1.96 bits per heavy atom. The van der Waals surface area contributed by atoms with Gasteiger partial charge in [-0.05, 0) is 31.2 Å². The molecule has 0 bridgehead atoms. The van der Waals surface area contributed by atoms with Gasteiger partial charge >= 0.3 is 6.09 Å². The summed E-state index contributed by atoms with van der Waals surface area (Å²) < 4.78 is 16.1. The van der Waals surface area contributed by atoms with Crippen molar-refractivity contribution in [1.29, 1.82) is 0 Å². The first-order valence-electron chi connectivity index (χ1n) is 8.52. The lowest BCUT2D eigenvalue weighted by Crippen LogP contribution is -2.49. The Hall–Kier alpha value is -2.54. The fourth-order valence-corrected chi connectivity index (χ4v) is 2.74. The maximum Gasteiger partial charge on any atom is 0.409 e. The minimum absolute atomic E-state index is 0.217. The van der Waals surface area contributed by atoms with Crippen molar-refractivity contribution >= 4 is 6.09 Å².